The maximum Gasteiger partial charge on any atom is 0.338 e. The summed E-state index contributed by atoms with van der Waals surface area (Å²) >= 11 is 0. The smallest absolute Gasteiger partial charge is 0.338 e. The Morgan fingerprint density at radius 3 is 1.43 bits per heavy atom. The summed E-state index contributed by atoms with van der Waals surface area (Å²) in [4.78, 5) is 50.6. The zero-order valence-corrected chi connectivity index (χ0v) is 22.6. The van der Waals surface area contributed by atoms with Crippen molar-refractivity contribution in [3.8, 4) is 0 Å². The molecule has 3 aromatic carbocycles. The lowest BCUT2D eigenvalue weighted by Crippen LogP contribution is -2.42. The van der Waals surface area contributed by atoms with Crippen LogP contribution in [-0.4, -0.2) is 55.1 Å². The lowest BCUT2D eigenvalue weighted by molar-refractivity contribution is -0.187. The fourth-order valence-electron chi connectivity index (χ4n) is 4.05. The highest BCUT2D eigenvalue weighted by atomic mass is 16.8. The average Bonchev–Trinajstić information content (AvgIpc) is 3.22. The molecule has 40 heavy (non-hydrogen) atoms. The van der Waals surface area contributed by atoms with Crippen molar-refractivity contribution in [1.82, 2.24) is 0 Å². The number of aryl methyl sites for hydroxylation is 3. The fourth-order valence-corrected chi connectivity index (χ4v) is 4.05. The monoisotopic (exact) mass is 546 g/mol. The molecule has 1 aliphatic heterocycles. The molecule has 0 aromatic heterocycles. The standard InChI is InChI=1S/C31H30O9/c1-18-5-11-22(12-6-18)28(33)36-17-25-26(39-29(34)23-13-7-19(2)8-14-23)27(31(38-25)37-21(4)32)40-30(35)24-15-9-20(3)10-16-24/h5-16,25-27,31H,17H2,1-4H3/t25-,26-,27-,31+/m1/s1. The number of carbonyl (C=O) groups excluding carboxylic acids is 4. The van der Waals surface area contributed by atoms with Gasteiger partial charge < -0.3 is 23.7 Å². The van der Waals surface area contributed by atoms with E-state index in [0.29, 0.717) is 5.56 Å². The first kappa shape index (κ1) is 28.5. The van der Waals surface area contributed by atoms with Gasteiger partial charge in [0, 0.05) is 6.92 Å². The lowest BCUT2D eigenvalue weighted by Gasteiger charge is -2.24. The molecule has 1 saturated heterocycles. The van der Waals surface area contributed by atoms with E-state index in [-0.39, 0.29) is 17.7 Å². The molecule has 0 unspecified atom stereocenters. The van der Waals surface area contributed by atoms with E-state index in [4.69, 9.17) is 23.7 Å². The van der Waals surface area contributed by atoms with E-state index >= 15 is 0 Å². The summed E-state index contributed by atoms with van der Waals surface area (Å²) < 4.78 is 28.0. The van der Waals surface area contributed by atoms with Crippen LogP contribution in [0.5, 0.6) is 0 Å². The van der Waals surface area contributed by atoms with Crippen LogP contribution in [0.1, 0.15) is 54.7 Å². The lowest BCUT2D eigenvalue weighted by atomic mass is 10.1. The summed E-state index contributed by atoms with van der Waals surface area (Å²) in [6.45, 7) is 6.44. The second-order valence-electron chi connectivity index (χ2n) is 9.59. The van der Waals surface area contributed by atoms with Crippen LogP contribution in [0.3, 0.4) is 0 Å². The molecule has 9 heteroatoms. The molecular weight excluding hydrogens is 516 g/mol. The number of rotatable bonds is 8. The molecule has 0 saturated carbocycles. The Kier molecular flexibility index (Phi) is 8.96. The fraction of sp³-hybridized carbons (Fsp3) is 0.290. The van der Waals surface area contributed by atoms with Crippen LogP contribution < -0.4 is 0 Å². The van der Waals surface area contributed by atoms with Gasteiger partial charge in [-0.15, -0.1) is 0 Å². The van der Waals surface area contributed by atoms with Crippen LogP contribution in [0.25, 0.3) is 0 Å². The molecule has 0 spiro atoms. The molecule has 0 radical (unpaired) electrons. The Labute approximate surface area is 231 Å². The van der Waals surface area contributed by atoms with Crippen molar-refractivity contribution in [1.29, 1.82) is 0 Å². The minimum atomic E-state index is -1.41. The highest BCUT2D eigenvalue weighted by Crippen LogP contribution is 2.30. The number of esters is 4. The molecule has 1 fully saturated rings. The molecule has 4 atom stereocenters. The van der Waals surface area contributed by atoms with Crippen molar-refractivity contribution in [2.75, 3.05) is 6.61 Å². The summed E-state index contributed by atoms with van der Waals surface area (Å²) in [5.74, 6) is -2.79. The second kappa shape index (κ2) is 12.6. The first-order valence-electron chi connectivity index (χ1n) is 12.7. The predicted molar refractivity (Wildman–Crippen MR) is 143 cm³/mol. The van der Waals surface area contributed by atoms with Crippen molar-refractivity contribution < 1.29 is 42.9 Å². The van der Waals surface area contributed by atoms with Gasteiger partial charge in [-0.25, -0.2) is 14.4 Å². The number of carbonyl (C=O) groups is 4. The average molecular weight is 547 g/mol. The van der Waals surface area contributed by atoms with E-state index in [1.807, 2.05) is 20.8 Å². The Bertz CT molecular complexity index is 1360. The van der Waals surface area contributed by atoms with Crippen molar-refractivity contribution in [2.45, 2.75) is 52.3 Å². The molecule has 4 rings (SSSR count). The van der Waals surface area contributed by atoms with E-state index in [1.165, 1.54) is 6.92 Å². The van der Waals surface area contributed by atoms with Crippen LogP contribution in [0.15, 0.2) is 72.8 Å². The highest BCUT2D eigenvalue weighted by Gasteiger charge is 2.52. The van der Waals surface area contributed by atoms with Crippen molar-refractivity contribution in [3.63, 3.8) is 0 Å². The zero-order valence-electron chi connectivity index (χ0n) is 22.6. The maximum atomic E-state index is 13.1. The summed E-state index contributed by atoms with van der Waals surface area (Å²) in [5.41, 5.74) is 3.67. The van der Waals surface area contributed by atoms with Gasteiger partial charge in [0.25, 0.3) is 0 Å². The van der Waals surface area contributed by atoms with Gasteiger partial charge >= 0.3 is 23.9 Å². The minimum absolute atomic E-state index is 0.241. The van der Waals surface area contributed by atoms with E-state index in [9.17, 15) is 19.2 Å². The zero-order chi connectivity index (χ0) is 28.8. The Morgan fingerprint density at radius 1 is 0.600 bits per heavy atom. The number of ether oxygens (including phenoxy) is 5. The maximum absolute atomic E-state index is 13.1. The minimum Gasteiger partial charge on any atom is -0.459 e. The first-order valence-corrected chi connectivity index (χ1v) is 12.7. The van der Waals surface area contributed by atoms with E-state index in [1.54, 1.807) is 72.8 Å². The molecule has 9 nitrogen and oxygen atoms in total. The molecule has 1 aliphatic rings. The highest BCUT2D eigenvalue weighted by molar-refractivity contribution is 5.91. The summed E-state index contributed by atoms with van der Waals surface area (Å²) in [5, 5.41) is 0. The SMILES string of the molecule is CC(=O)O[C@H]1O[C@H](COC(=O)c2ccc(C)cc2)[C@@H](OC(=O)c2ccc(C)cc2)[C@H]1OC(=O)c1ccc(C)cc1. The van der Waals surface area contributed by atoms with Crippen molar-refractivity contribution in [2.24, 2.45) is 0 Å². The van der Waals surface area contributed by atoms with Gasteiger partial charge in [-0.3, -0.25) is 4.79 Å². The van der Waals surface area contributed by atoms with Crippen molar-refractivity contribution >= 4 is 23.9 Å². The van der Waals surface area contributed by atoms with Crippen LogP contribution in [0.4, 0.5) is 0 Å². The van der Waals surface area contributed by atoms with E-state index in [2.05, 4.69) is 0 Å². The van der Waals surface area contributed by atoms with Gasteiger partial charge in [0.1, 0.15) is 12.7 Å². The summed E-state index contributed by atoms with van der Waals surface area (Å²) in [6.07, 6.45) is -5.12. The molecule has 1 heterocycles. The van der Waals surface area contributed by atoms with Gasteiger partial charge in [0.2, 0.25) is 12.4 Å². The van der Waals surface area contributed by atoms with Gasteiger partial charge in [0.05, 0.1) is 16.7 Å². The third-order valence-electron chi connectivity index (χ3n) is 6.28. The molecular formula is C31H30O9. The number of hydrogen-bond donors (Lipinski definition) is 0. The van der Waals surface area contributed by atoms with Gasteiger partial charge in [-0.2, -0.15) is 0 Å². The largest absolute Gasteiger partial charge is 0.459 e. The third kappa shape index (κ3) is 7.12. The summed E-state index contributed by atoms with van der Waals surface area (Å²) in [6, 6.07) is 20.1. The van der Waals surface area contributed by atoms with E-state index in [0.717, 1.165) is 16.7 Å². The van der Waals surface area contributed by atoms with Crippen LogP contribution in [-0.2, 0) is 28.5 Å². The Hall–Kier alpha value is -4.50. The molecule has 0 amide bonds. The normalized spacial score (nSPS) is 19.9. The predicted octanol–water partition coefficient (Wildman–Crippen LogP) is 4.51. The first-order chi connectivity index (χ1) is 19.1. The Morgan fingerprint density at radius 2 is 1.00 bits per heavy atom. The van der Waals surface area contributed by atoms with Gasteiger partial charge in [0.15, 0.2) is 6.10 Å². The van der Waals surface area contributed by atoms with Crippen LogP contribution >= 0.6 is 0 Å². The molecule has 208 valence electrons. The second-order valence-corrected chi connectivity index (χ2v) is 9.59. The van der Waals surface area contributed by atoms with Crippen LogP contribution in [0.2, 0.25) is 0 Å². The topological polar surface area (TPSA) is 114 Å². The van der Waals surface area contributed by atoms with Crippen LogP contribution in [0, 0.1) is 20.8 Å². The molecule has 3 aromatic rings. The van der Waals surface area contributed by atoms with E-state index < -0.39 is 48.5 Å². The molecule has 0 N–H and O–H groups in total. The number of hydrogen-bond acceptors (Lipinski definition) is 9. The Balaban J connectivity index is 1.59. The third-order valence-corrected chi connectivity index (χ3v) is 6.28. The molecule has 0 bridgehead atoms. The van der Waals surface area contributed by atoms with Gasteiger partial charge in [-0.1, -0.05) is 53.1 Å². The summed E-state index contributed by atoms with van der Waals surface area (Å²) in [7, 11) is 0. The quantitative estimate of drug-likeness (QED) is 0.297. The molecule has 0 aliphatic carbocycles. The van der Waals surface area contributed by atoms with Crippen molar-refractivity contribution in [3.05, 3.63) is 106 Å². The number of benzene rings is 3. The van der Waals surface area contributed by atoms with Gasteiger partial charge in [-0.05, 0) is 57.2 Å².